The molecule has 0 spiro atoms. The minimum Gasteiger partial charge on any atom is -0.497 e. The van der Waals surface area contributed by atoms with Gasteiger partial charge in [-0.05, 0) is 29.8 Å². The van der Waals surface area contributed by atoms with Crippen LogP contribution in [0.25, 0.3) is 0 Å². The molecule has 0 saturated heterocycles. The van der Waals surface area contributed by atoms with Crippen molar-refractivity contribution in [3.05, 3.63) is 58.1 Å². The average Bonchev–Trinajstić information content (AvgIpc) is 2.97. The predicted molar refractivity (Wildman–Crippen MR) is 89.1 cm³/mol. The third kappa shape index (κ3) is 3.22. The molecule has 0 aliphatic carbocycles. The van der Waals surface area contributed by atoms with Crippen LogP contribution in [0.5, 0.6) is 11.5 Å². The van der Waals surface area contributed by atoms with Gasteiger partial charge in [-0.1, -0.05) is 28.1 Å². The highest BCUT2D eigenvalue weighted by Crippen LogP contribution is 2.30. The van der Waals surface area contributed by atoms with E-state index in [0.717, 1.165) is 10.0 Å². The zero-order chi connectivity index (χ0) is 16.4. The largest absolute Gasteiger partial charge is 0.497 e. The lowest BCUT2D eigenvalue weighted by Crippen LogP contribution is -2.09. The van der Waals surface area contributed by atoms with Crippen LogP contribution in [-0.4, -0.2) is 26.1 Å². The Labute approximate surface area is 142 Å². The van der Waals surface area contributed by atoms with E-state index in [1.54, 1.807) is 32.4 Å². The van der Waals surface area contributed by atoms with Crippen molar-refractivity contribution in [2.75, 3.05) is 14.2 Å². The Balaban J connectivity index is 1.96. The lowest BCUT2D eigenvalue weighted by molar-refractivity contribution is -0.135. The summed E-state index contributed by atoms with van der Waals surface area (Å²) in [5.74, 6) is 1.07. The van der Waals surface area contributed by atoms with Crippen LogP contribution in [0.4, 0.5) is 0 Å². The van der Waals surface area contributed by atoms with Crippen molar-refractivity contribution in [2.24, 2.45) is 4.99 Å². The number of benzene rings is 2. The van der Waals surface area contributed by atoms with Crippen LogP contribution < -0.4 is 9.47 Å². The number of halogens is 1. The van der Waals surface area contributed by atoms with Gasteiger partial charge in [-0.3, -0.25) is 0 Å². The van der Waals surface area contributed by atoms with Crippen LogP contribution in [0.2, 0.25) is 0 Å². The number of hydrogen-bond donors (Lipinski definition) is 0. The van der Waals surface area contributed by atoms with Crippen molar-refractivity contribution in [1.29, 1.82) is 0 Å². The van der Waals surface area contributed by atoms with Crippen LogP contribution in [0.3, 0.4) is 0 Å². The van der Waals surface area contributed by atoms with Crippen molar-refractivity contribution in [2.45, 2.75) is 6.04 Å². The molecule has 1 aliphatic rings. The minimum absolute atomic E-state index is 0.264. The summed E-state index contributed by atoms with van der Waals surface area (Å²) in [6.45, 7) is 0. The maximum atomic E-state index is 12.1. The van der Waals surface area contributed by atoms with Gasteiger partial charge in [0.05, 0.1) is 14.2 Å². The number of rotatable bonds is 4. The van der Waals surface area contributed by atoms with Crippen LogP contribution in [0, 0.1) is 0 Å². The van der Waals surface area contributed by atoms with Crippen molar-refractivity contribution in [3.63, 3.8) is 0 Å². The molecule has 2 aromatic rings. The molecule has 6 heteroatoms. The van der Waals surface area contributed by atoms with E-state index in [2.05, 4.69) is 20.9 Å². The lowest BCUT2D eigenvalue weighted by atomic mass is 10.1. The van der Waals surface area contributed by atoms with E-state index in [0.29, 0.717) is 17.1 Å². The Kier molecular flexibility index (Phi) is 4.34. The fraction of sp³-hybridized carbons (Fsp3) is 0.176. The van der Waals surface area contributed by atoms with Gasteiger partial charge in [-0.15, -0.1) is 0 Å². The highest BCUT2D eigenvalue weighted by atomic mass is 79.9. The first-order valence-corrected chi connectivity index (χ1v) is 7.68. The molecule has 0 amide bonds. The quantitative estimate of drug-likeness (QED) is 0.767. The fourth-order valence-corrected chi connectivity index (χ4v) is 2.53. The van der Waals surface area contributed by atoms with Crippen LogP contribution in [-0.2, 0) is 9.53 Å². The van der Waals surface area contributed by atoms with E-state index >= 15 is 0 Å². The van der Waals surface area contributed by atoms with Crippen LogP contribution >= 0.6 is 15.9 Å². The second-order valence-corrected chi connectivity index (χ2v) is 5.83. The molecule has 0 saturated carbocycles. The molecule has 5 nitrogen and oxygen atoms in total. The Morgan fingerprint density at radius 2 is 1.65 bits per heavy atom. The zero-order valence-corrected chi connectivity index (χ0v) is 14.2. The molecule has 0 bridgehead atoms. The SMILES string of the molecule is COc1cc(OC)cc(C2=NC(c3ccc(Br)cc3)C(=O)O2)c1. The summed E-state index contributed by atoms with van der Waals surface area (Å²) < 4.78 is 16.7. The molecule has 1 heterocycles. The Morgan fingerprint density at radius 3 is 2.22 bits per heavy atom. The van der Waals surface area contributed by atoms with E-state index in [9.17, 15) is 4.79 Å². The second kappa shape index (κ2) is 6.42. The second-order valence-electron chi connectivity index (χ2n) is 4.91. The van der Waals surface area contributed by atoms with Gasteiger partial charge in [0.1, 0.15) is 11.5 Å². The fourth-order valence-electron chi connectivity index (χ4n) is 2.27. The van der Waals surface area contributed by atoms with E-state index < -0.39 is 12.0 Å². The highest BCUT2D eigenvalue weighted by Gasteiger charge is 2.31. The number of carbonyl (C=O) groups is 1. The van der Waals surface area contributed by atoms with Gasteiger partial charge in [-0.25, -0.2) is 9.79 Å². The van der Waals surface area contributed by atoms with Gasteiger partial charge in [0.2, 0.25) is 5.90 Å². The Bertz CT molecular complexity index is 748. The van der Waals surface area contributed by atoms with Gasteiger partial charge in [0.25, 0.3) is 0 Å². The molecule has 0 aromatic heterocycles. The van der Waals surface area contributed by atoms with E-state index in [4.69, 9.17) is 14.2 Å². The maximum Gasteiger partial charge on any atom is 0.342 e. The van der Waals surface area contributed by atoms with E-state index in [1.807, 2.05) is 24.3 Å². The molecular weight excluding hydrogens is 362 g/mol. The highest BCUT2D eigenvalue weighted by molar-refractivity contribution is 9.10. The number of ether oxygens (including phenoxy) is 3. The topological polar surface area (TPSA) is 57.1 Å². The standard InChI is InChI=1S/C17H14BrNO4/c1-21-13-7-11(8-14(9-13)22-2)16-19-15(17(20)23-16)10-3-5-12(18)6-4-10/h3-9,15H,1-2H3. The molecule has 2 aromatic carbocycles. The molecule has 0 N–H and O–H groups in total. The summed E-state index contributed by atoms with van der Waals surface area (Å²) in [7, 11) is 3.12. The summed E-state index contributed by atoms with van der Waals surface area (Å²) in [5.41, 5.74) is 1.41. The number of aliphatic imine (C=N–C) groups is 1. The van der Waals surface area contributed by atoms with Crippen molar-refractivity contribution >= 4 is 27.8 Å². The molecule has 1 unspecified atom stereocenters. The number of hydrogen-bond acceptors (Lipinski definition) is 5. The molecule has 1 aliphatic heterocycles. The predicted octanol–water partition coefficient (Wildman–Crippen LogP) is 3.51. The van der Waals surface area contributed by atoms with Gasteiger partial charge in [0.15, 0.2) is 6.04 Å². The third-order valence-electron chi connectivity index (χ3n) is 3.45. The van der Waals surface area contributed by atoms with E-state index in [1.165, 1.54) is 0 Å². The summed E-state index contributed by atoms with van der Waals surface area (Å²) in [5, 5.41) is 0. The van der Waals surface area contributed by atoms with Crippen LogP contribution in [0.1, 0.15) is 17.2 Å². The third-order valence-corrected chi connectivity index (χ3v) is 3.98. The minimum atomic E-state index is -0.657. The average molecular weight is 376 g/mol. The number of methoxy groups -OCH3 is 2. The molecule has 0 radical (unpaired) electrons. The number of nitrogens with zero attached hydrogens (tertiary/aromatic N) is 1. The van der Waals surface area contributed by atoms with Gasteiger partial charge in [-0.2, -0.15) is 0 Å². The summed E-state index contributed by atoms with van der Waals surface area (Å²) in [6.07, 6.45) is 0. The van der Waals surface area contributed by atoms with Gasteiger partial charge < -0.3 is 14.2 Å². The van der Waals surface area contributed by atoms with E-state index in [-0.39, 0.29) is 5.90 Å². The molecule has 0 fully saturated rings. The molecular formula is C17H14BrNO4. The molecule has 3 rings (SSSR count). The summed E-state index contributed by atoms with van der Waals surface area (Å²) >= 11 is 3.37. The Morgan fingerprint density at radius 1 is 1.04 bits per heavy atom. The Hall–Kier alpha value is -2.34. The summed E-state index contributed by atoms with van der Waals surface area (Å²) in [4.78, 5) is 16.5. The summed E-state index contributed by atoms with van der Waals surface area (Å²) in [6, 6.07) is 12.0. The molecule has 1 atom stereocenters. The van der Waals surface area contributed by atoms with Gasteiger partial charge >= 0.3 is 5.97 Å². The first-order chi connectivity index (χ1) is 11.1. The van der Waals surface area contributed by atoms with Gasteiger partial charge in [0, 0.05) is 16.1 Å². The first kappa shape index (κ1) is 15.6. The monoisotopic (exact) mass is 375 g/mol. The first-order valence-electron chi connectivity index (χ1n) is 6.89. The lowest BCUT2D eigenvalue weighted by Gasteiger charge is -2.07. The zero-order valence-electron chi connectivity index (χ0n) is 12.6. The number of carbonyl (C=O) groups excluding carboxylic acids is 1. The molecule has 118 valence electrons. The van der Waals surface area contributed by atoms with Crippen molar-refractivity contribution in [3.8, 4) is 11.5 Å². The number of cyclic esters (lactones) is 1. The normalized spacial score (nSPS) is 16.7. The van der Waals surface area contributed by atoms with Crippen molar-refractivity contribution in [1.82, 2.24) is 0 Å². The maximum absolute atomic E-state index is 12.1. The number of esters is 1. The smallest absolute Gasteiger partial charge is 0.342 e. The molecule has 23 heavy (non-hydrogen) atoms. The van der Waals surface area contributed by atoms with Crippen LogP contribution in [0.15, 0.2) is 51.9 Å². The van der Waals surface area contributed by atoms with Crippen molar-refractivity contribution < 1.29 is 19.0 Å².